The van der Waals surface area contributed by atoms with E-state index in [1.807, 2.05) is 7.05 Å². The highest BCUT2D eigenvalue weighted by Gasteiger charge is 2.20. The summed E-state index contributed by atoms with van der Waals surface area (Å²) in [7, 11) is 5.11. The lowest BCUT2D eigenvalue weighted by molar-refractivity contribution is -0.0117. The second-order valence-electron chi connectivity index (χ2n) is 6.69. The molecule has 0 bridgehead atoms. The molecule has 3 unspecified atom stereocenters. The van der Waals surface area contributed by atoms with E-state index in [1.54, 1.807) is 43.4 Å². The predicted molar refractivity (Wildman–Crippen MR) is 124 cm³/mol. The van der Waals surface area contributed by atoms with Crippen LogP contribution in [0.2, 0.25) is 0 Å². The van der Waals surface area contributed by atoms with E-state index in [-0.39, 0.29) is 11.5 Å². The van der Waals surface area contributed by atoms with Crippen molar-refractivity contribution in [3.63, 3.8) is 0 Å². The van der Waals surface area contributed by atoms with Crippen molar-refractivity contribution in [1.82, 2.24) is 10.6 Å². The van der Waals surface area contributed by atoms with Crippen molar-refractivity contribution in [2.75, 3.05) is 34.3 Å². The largest absolute Gasteiger partial charge is 0.507 e. The number of hydrogen-bond donors (Lipinski definition) is 8. The highest BCUT2D eigenvalue weighted by molar-refractivity contribution is 7.80. The van der Waals surface area contributed by atoms with E-state index in [1.165, 1.54) is 7.11 Å². The van der Waals surface area contributed by atoms with E-state index in [0.717, 1.165) is 17.7 Å². The Balaban J connectivity index is 0.000000303. The van der Waals surface area contributed by atoms with Crippen LogP contribution in [0.15, 0.2) is 46.2 Å². The van der Waals surface area contributed by atoms with E-state index in [2.05, 4.69) is 35.9 Å². The van der Waals surface area contributed by atoms with Gasteiger partial charge in [0.1, 0.15) is 17.6 Å². The molecule has 3 atom stereocenters. The van der Waals surface area contributed by atoms with Gasteiger partial charge in [0.05, 0.1) is 12.2 Å². The summed E-state index contributed by atoms with van der Waals surface area (Å²) in [5.41, 5.74) is 1.44. The number of phenols is 2. The molecule has 0 saturated carbocycles. The zero-order valence-electron chi connectivity index (χ0n) is 17.4. The Morgan fingerprint density at radius 2 is 1.43 bits per heavy atom. The molecule has 7 nitrogen and oxygen atoms in total. The first-order valence-corrected chi connectivity index (χ1v) is 10.4. The number of aromatic hydroxyl groups is 2. The standard InChI is InChI=1S/C11H17NO3S.C10H15NO2S/c1-12-6-9(14)11(15-2)7-3-4-10(16)8(13)5-7;1-11-5-4-8(12)7-2-3-10(14)9(13)6-7/h3-5,9,11-14,16H,6H2,1-2H3;2-3,6,8,11-14H,4-5H2,1H3. The van der Waals surface area contributed by atoms with Gasteiger partial charge < -0.3 is 35.8 Å². The third-order valence-electron chi connectivity index (χ3n) is 4.40. The summed E-state index contributed by atoms with van der Waals surface area (Å²) >= 11 is 8.11. The number of nitrogens with one attached hydrogen (secondary N) is 2. The van der Waals surface area contributed by atoms with Crippen LogP contribution in [0.4, 0.5) is 0 Å². The summed E-state index contributed by atoms with van der Waals surface area (Å²) in [6.45, 7) is 1.16. The molecular weight excluding hydrogens is 424 g/mol. The topological polar surface area (TPSA) is 114 Å². The van der Waals surface area contributed by atoms with Gasteiger partial charge in [-0.25, -0.2) is 0 Å². The first-order valence-electron chi connectivity index (χ1n) is 9.47. The van der Waals surface area contributed by atoms with Gasteiger partial charge in [0, 0.05) is 23.4 Å². The van der Waals surface area contributed by atoms with Crippen molar-refractivity contribution in [3.8, 4) is 11.5 Å². The summed E-state index contributed by atoms with van der Waals surface area (Å²) in [6, 6.07) is 9.98. The summed E-state index contributed by atoms with van der Waals surface area (Å²) < 4.78 is 5.22. The Labute approximate surface area is 188 Å². The number of phenolic OH excluding ortho intramolecular Hbond substituents is 2. The lowest BCUT2D eigenvalue weighted by atomic mass is 10.0. The quantitative estimate of drug-likeness (QED) is 0.273. The van der Waals surface area contributed by atoms with Crippen molar-refractivity contribution in [3.05, 3.63) is 47.5 Å². The lowest BCUT2D eigenvalue weighted by Gasteiger charge is -2.22. The molecule has 0 amide bonds. The van der Waals surface area contributed by atoms with Gasteiger partial charge in [0.25, 0.3) is 0 Å². The number of thiol groups is 2. The van der Waals surface area contributed by atoms with Crippen molar-refractivity contribution < 1.29 is 25.2 Å². The minimum Gasteiger partial charge on any atom is -0.507 e. The summed E-state index contributed by atoms with van der Waals surface area (Å²) in [4.78, 5) is 1.02. The lowest BCUT2D eigenvalue weighted by Crippen LogP contribution is -2.30. The highest BCUT2D eigenvalue weighted by Crippen LogP contribution is 2.28. The molecule has 0 aliphatic heterocycles. The molecule has 6 N–H and O–H groups in total. The fourth-order valence-corrected chi connectivity index (χ4v) is 3.02. The number of aliphatic hydroxyl groups excluding tert-OH is 2. The molecular formula is C21H32N2O5S2. The number of benzene rings is 2. The van der Waals surface area contributed by atoms with Crippen molar-refractivity contribution in [2.24, 2.45) is 0 Å². The molecule has 0 aliphatic carbocycles. The maximum absolute atomic E-state index is 9.83. The molecule has 2 rings (SSSR count). The molecule has 0 radical (unpaired) electrons. The fraction of sp³-hybridized carbons (Fsp3) is 0.429. The molecule has 0 aromatic heterocycles. The number of hydrogen-bond acceptors (Lipinski definition) is 9. The molecule has 9 heteroatoms. The van der Waals surface area contributed by atoms with Gasteiger partial charge in [0.2, 0.25) is 0 Å². The maximum atomic E-state index is 9.83. The number of aliphatic hydroxyl groups is 2. The number of methoxy groups -OCH3 is 1. The summed E-state index contributed by atoms with van der Waals surface area (Å²) in [5, 5.41) is 44.3. The van der Waals surface area contributed by atoms with Crippen LogP contribution in [0.3, 0.4) is 0 Å². The second kappa shape index (κ2) is 13.8. The second-order valence-corrected chi connectivity index (χ2v) is 7.65. The van der Waals surface area contributed by atoms with Crippen molar-refractivity contribution in [1.29, 1.82) is 0 Å². The molecule has 0 spiro atoms. The Hall–Kier alpha value is -1.46. The molecule has 0 heterocycles. The van der Waals surface area contributed by atoms with Crippen LogP contribution in [-0.2, 0) is 4.74 Å². The monoisotopic (exact) mass is 456 g/mol. The van der Waals surface area contributed by atoms with Crippen LogP contribution >= 0.6 is 25.3 Å². The van der Waals surface area contributed by atoms with Crippen LogP contribution in [0.1, 0.15) is 29.8 Å². The van der Waals surface area contributed by atoms with E-state index >= 15 is 0 Å². The van der Waals surface area contributed by atoms with Crippen LogP contribution in [-0.4, -0.2) is 60.8 Å². The number of rotatable bonds is 9. The minimum absolute atomic E-state index is 0.0829. The normalized spacial score (nSPS) is 13.8. The zero-order chi connectivity index (χ0) is 22.7. The Kier molecular flexibility index (Phi) is 12.2. The first kappa shape index (κ1) is 26.6. The maximum Gasteiger partial charge on any atom is 0.129 e. The van der Waals surface area contributed by atoms with Gasteiger partial charge in [-0.3, -0.25) is 0 Å². The average molecular weight is 457 g/mol. The van der Waals surface area contributed by atoms with Gasteiger partial charge >= 0.3 is 0 Å². The molecule has 0 saturated heterocycles. The molecule has 0 aliphatic rings. The van der Waals surface area contributed by atoms with E-state index < -0.39 is 18.3 Å². The molecule has 30 heavy (non-hydrogen) atoms. The van der Waals surface area contributed by atoms with Gasteiger partial charge in [-0.15, -0.1) is 25.3 Å². The van der Waals surface area contributed by atoms with Gasteiger partial charge in [-0.1, -0.05) is 12.1 Å². The smallest absolute Gasteiger partial charge is 0.129 e. The van der Waals surface area contributed by atoms with E-state index in [0.29, 0.717) is 22.8 Å². The number of ether oxygens (including phenoxy) is 1. The highest BCUT2D eigenvalue weighted by atomic mass is 32.1. The summed E-state index contributed by atoms with van der Waals surface area (Å²) in [6.07, 6.45) is -1.04. The predicted octanol–water partition coefficient (Wildman–Crippen LogP) is 2.27. The Morgan fingerprint density at radius 3 is 1.90 bits per heavy atom. The fourth-order valence-electron chi connectivity index (χ4n) is 2.74. The molecule has 2 aromatic rings. The third-order valence-corrected chi connectivity index (χ3v) is 5.15. The van der Waals surface area contributed by atoms with Crippen LogP contribution in [0.25, 0.3) is 0 Å². The first-order chi connectivity index (χ1) is 14.2. The zero-order valence-corrected chi connectivity index (χ0v) is 19.2. The van der Waals surface area contributed by atoms with Crippen LogP contribution in [0.5, 0.6) is 11.5 Å². The van der Waals surface area contributed by atoms with Gasteiger partial charge in [-0.05, 0) is 62.5 Å². The minimum atomic E-state index is -0.667. The van der Waals surface area contributed by atoms with Crippen molar-refractivity contribution >= 4 is 25.3 Å². The van der Waals surface area contributed by atoms with E-state index in [4.69, 9.17) is 4.74 Å². The average Bonchev–Trinajstić information content (AvgIpc) is 2.72. The Morgan fingerprint density at radius 1 is 0.900 bits per heavy atom. The van der Waals surface area contributed by atoms with Crippen LogP contribution in [0, 0.1) is 0 Å². The summed E-state index contributed by atoms with van der Waals surface area (Å²) in [5.74, 6) is 0.189. The third kappa shape index (κ3) is 8.35. The van der Waals surface area contributed by atoms with Gasteiger partial charge in [0.15, 0.2) is 0 Å². The van der Waals surface area contributed by atoms with E-state index in [9.17, 15) is 20.4 Å². The van der Waals surface area contributed by atoms with Crippen LogP contribution < -0.4 is 10.6 Å². The molecule has 2 aromatic carbocycles. The Bertz CT molecular complexity index is 779. The SMILES string of the molecule is CNCC(O)C(OC)c1ccc(S)c(O)c1.CNCCC(O)c1ccc(S)c(O)c1. The van der Waals surface area contributed by atoms with Gasteiger partial charge in [-0.2, -0.15) is 0 Å². The van der Waals surface area contributed by atoms with Crippen molar-refractivity contribution in [2.45, 2.75) is 34.5 Å². The molecule has 0 fully saturated rings. The molecule has 168 valence electrons. The number of likely N-dealkylation sites (N-methyl/N-ethyl adjacent to an activating group) is 1.